The molecule has 0 aromatic carbocycles. The van der Waals surface area contributed by atoms with E-state index in [2.05, 4.69) is 21.0 Å². The zero-order chi connectivity index (χ0) is 22.1. The van der Waals surface area contributed by atoms with Gasteiger partial charge in [0.05, 0.1) is 6.10 Å². The van der Waals surface area contributed by atoms with Crippen molar-refractivity contribution in [3.05, 3.63) is 33.1 Å². The van der Waals surface area contributed by atoms with E-state index >= 15 is 0 Å². The van der Waals surface area contributed by atoms with Crippen LogP contribution in [-0.2, 0) is 23.4 Å². The number of aliphatic hydroxyl groups is 1. The maximum atomic E-state index is 13.4. The molecule has 0 bridgehead atoms. The lowest BCUT2D eigenvalue weighted by Crippen LogP contribution is -2.38. The monoisotopic (exact) mass is 502 g/mol. The number of hydrogen-bond acceptors (Lipinski definition) is 8. The number of aliphatic hydroxyl groups excluding tert-OH is 1. The van der Waals surface area contributed by atoms with Crippen LogP contribution in [0.4, 0.5) is 4.39 Å². The second kappa shape index (κ2) is 12.3. The van der Waals surface area contributed by atoms with Crippen molar-refractivity contribution in [1.29, 1.82) is 0 Å². The van der Waals surface area contributed by atoms with Gasteiger partial charge in [-0.25, -0.2) is 9.18 Å². The highest BCUT2D eigenvalue weighted by Crippen LogP contribution is 2.22. The van der Waals surface area contributed by atoms with Gasteiger partial charge in [0.15, 0.2) is 6.23 Å². The summed E-state index contributed by atoms with van der Waals surface area (Å²) in [6, 6.07) is 0.0784. The average molecular weight is 503 g/mol. The smallest absolute Gasteiger partial charge is 0.462 e. The highest BCUT2D eigenvalue weighted by molar-refractivity contribution is 9.09. The van der Waals surface area contributed by atoms with Crippen LogP contribution in [0.2, 0.25) is 0 Å². The van der Waals surface area contributed by atoms with Crippen molar-refractivity contribution in [3.63, 3.8) is 0 Å². The van der Waals surface area contributed by atoms with Crippen LogP contribution in [0.15, 0.2) is 21.9 Å². The van der Waals surface area contributed by atoms with Crippen molar-refractivity contribution in [2.45, 2.75) is 50.3 Å². The van der Waals surface area contributed by atoms with Crippen molar-refractivity contribution in [2.75, 3.05) is 13.3 Å². The van der Waals surface area contributed by atoms with Gasteiger partial charge >= 0.3 is 19.8 Å². The van der Waals surface area contributed by atoms with Crippen LogP contribution >= 0.6 is 24.1 Å². The summed E-state index contributed by atoms with van der Waals surface area (Å²) >= 11 is 2.85. The number of hydrogen-bond donors (Lipinski definition) is 3. The molecule has 1 aromatic heterocycles. The Morgan fingerprint density at radius 1 is 1.41 bits per heavy atom. The molecule has 1 rings (SSSR count). The molecular formula is C15H23BrFN3O8P+. The third kappa shape index (κ3) is 8.81. The van der Waals surface area contributed by atoms with Crippen molar-refractivity contribution >= 4 is 30.1 Å². The Bertz CT molecular complexity index is 802. The topological polar surface area (TPSA) is 149 Å². The van der Waals surface area contributed by atoms with Crippen LogP contribution in [0.1, 0.15) is 27.0 Å². The number of carbonyl (C=O) groups excluding carboxylic acids is 1. The van der Waals surface area contributed by atoms with Gasteiger partial charge < -0.3 is 14.6 Å². The molecule has 29 heavy (non-hydrogen) atoms. The molecule has 0 spiro atoms. The van der Waals surface area contributed by atoms with E-state index in [1.807, 2.05) is 4.98 Å². The van der Waals surface area contributed by atoms with Gasteiger partial charge in [0.2, 0.25) is 0 Å². The Morgan fingerprint density at radius 2 is 2.07 bits per heavy atom. The molecule has 0 aliphatic carbocycles. The molecule has 0 amide bonds. The van der Waals surface area contributed by atoms with Gasteiger partial charge in [-0.1, -0.05) is 21.0 Å². The van der Waals surface area contributed by atoms with E-state index in [9.17, 15) is 28.4 Å². The summed E-state index contributed by atoms with van der Waals surface area (Å²) in [5.74, 6) is -0.629. The fourth-order valence-corrected chi connectivity index (χ4v) is 2.99. The average Bonchev–Trinajstić information content (AvgIpc) is 2.61. The van der Waals surface area contributed by atoms with Crippen molar-refractivity contribution in [3.8, 4) is 0 Å². The maximum absolute atomic E-state index is 13.4. The molecule has 0 saturated carbocycles. The number of carbonyl (C=O) groups is 1. The Hall–Kier alpha value is -1.50. The first-order valence-corrected chi connectivity index (χ1v) is 10.6. The number of nitrogens with one attached hydrogen (secondary N) is 2. The second-order valence-electron chi connectivity index (χ2n) is 6.06. The first-order valence-electron chi connectivity index (χ1n) is 8.47. The minimum Gasteiger partial charge on any atom is -0.462 e. The first kappa shape index (κ1) is 25.5. The largest absolute Gasteiger partial charge is 0.613 e. The predicted molar refractivity (Wildman–Crippen MR) is 104 cm³/mol. The normalized spacial score (nSPS) is 16.2. The Kier molecular flexibility index (Phi) is 10.8. The Balaban J connectivity index is 2.70. The number of aromatic amines is 1. The van der Waals surface area contributed by atoms with E-state index in [4.69, 9.17) is 14.0 Å². The van der Waals surface area contributed by atoms with Crippen LogP contribution < -0.4 is 16.3 Å². The highest BCUT2D eigenvalue weighted by Gasteiger charge is 2.32. The van der Waals surface area contributed by atoms with Crippen LogP contribution in [0.3, 0.4) is 0 Å². The molecule has 11 nitrogen and oxygen atoms in total. The molecule has 3 N–H and O–H groups in total. The molecule has 0 saturated heterocycles. The van der Waals surface area contributed by atoms with E-state index in [1.165, 1.54) is 6.92 Å². The van der Waals surface area contributed by atoms with Crippen LogP contribution in [0, 0.1) is 0 Å². The zero-order valence-electron chi connectivity index (χ0n) is 15.9. The zero-order valence-corrected chi connectivity index (χ0v) is 18.4. The first-order chi connectivity index (χ1) is 13.5. The molecule has 164 valence electrons. The molecular weight excluding hydrogens is 480 g/mol. The lowest BCUT2D eigenvalue weighted by atomic mass is 10.4. The van der Waals surface area contributed by atoms with Crippen molar-refractivity contribution in [2.24, 2.45) is 0 Å². The van der Waals surface area contributed by atoms with E-state index in [0.29, 0.717) is 0 Å². The minimum atomic E-state index is -2.55. The number of alkyl halides is 2. The molecule has 1 aromatic rings. The van der Waals surface area contributed by atoms with Gasteiger partial charge in [0.1, 0.15) is 30.4 Å². The summed E-state index contributed by atoms with van der Waals surface area (Å²) in [6.07, 6.45) is -2.03. The summed E-state index contributed by atoms with van der Waals surface area (Å²) in [4.78, 5) is 36.5. The molecule has 5 atom stereocenters. The number of nitrogens with zero attached hydrogens (tertiary/aromatic N) is 1. The highest BCUT2D eigenvalue weighted by atomic mass is 79.9. The molecule has 0 aliphatic rings. The van der Waals surface area contributed by atoms with Gasteiger partial charge in [-0.3, -0.25) is 19.1 Å². The Labute approximate surface area is 174 Å². The quantitative estimate of drug-likeness (QED) is 0.213. The number of rotatable bonds is 12. The third-order valence-corrected chi connectivity index (χ3v) is 4.86. The summed E-state index contributed by atoms with van der Waals surface area (Å²) in [5.41, 5.74) is -1.58. The molecule has 14 heteroatoms. The molecule has 0 aliphatic heterocycles. The maximum Gasteiger partial charge on any atom is 0.613 e. The predicted octanol–water partition coefficient (Wildman–Crippen LogP) is 0.707. The van der Waals surface area contributed by atoms with Crippen molar-refractivity contribution in [1.82, 2.24) is 14.6 Å². The van der Waals surface area contributed by atoms with E-state index in [-0.39, 0.29) is 6.10 Å². The number of ether oxygens (including phenoxy) is 2. The van der Waals surface area contributed by atoms with Gasteiger partial charge in [0, 0.05) is 12.3 Å². The van der Waals surface area contributed by atoms with Crippen LogP contribution in [0.25, 0.3) is 0 Å². The number of halogens is 2. The summed E-state index contributed by atoms with van der Waals surface area (Å²) in [6.45, 7) is 3.11. The second-order valence-corrected chi connectivity index (χ2v) is 8.03. The third-order valence-electron chi connectivity index (χ3n) is 3.29. The number of esters is 1. The lowest BCUT2D eigenvalue weighted by molar-refractivity contribution is -0.149. The molecule has 1 heterocycles. The van der Waals surface area contributed by atoms with E-state index < -0.39 is 62.1 Å². The van der Waals surface area contributed by atoms with Crippen LogP contribution in [0.5, 0.6) is 0 Å². The molecule has 0 fully saturated rings. The standard InChI is InChI=1S/C15H22BrFN3O8P/c1-8(2)27-14(23)9(3)19-29(25)26-7-10(13(16)22)28-12(6-17)20-5-4-11(21)18-15(20)24/h4-5,8-10,12-13,22H,6-7H2,1-3H3,(H-,18,19,21,24,25)/p+1/t9-,10+,12+,13+/m0/s1. The van der Waals surface area contributed by atoms with Gasteiger partial charge in [-0.15, -0.1) is 4.52 Å². The van der Waals surface area contributed by atoms with E-state index in [1.54, 1.807) is 13.8 Å². The van der Waals surface area contributed by atoms with Crippen LogP contribution in [-0.4, -0.2) is 57.2 Å². The molecule has 1 unspecified atom stereocenters. The summed E-state index contributed by atoms with van der Waals surface area (Å²) in [7, 11) is -2.55. The van der Waals surface area contributed by atoms with Gasteiger partial charge in [-0.2, -0.15) is 0 Å². The fourth-order valence-electron chi connectivity index (χ4n) is 1.94. The van der Waals surface area contributed by atoms with Gasteiger partial charge in [0.25, 0.3) is 5.56 Å². The lowest BCUT2D eigenvalue weighted by Gasteiger charge is -2.23. The number of aromatic nitrogens is 2. The van der Waals surface area contributed by atoms with Crippen molar-refractivity contribution < 1.29 is 32.9 Å². The summed E-state index contributed by atoms with van der Waals surface area (Å²) < 4.78 is 41.4. The van der Waals surface area contributed by atoms with E-state index in [0.717, 1.165) is 16.8 Å². The fraction of sp³-hybridized carbons (Fsp3) is 0.667. The number of H-pyrrole nitrogens is 1. The minimum absolute atomic E-state index is 0.346. The molecule has 0 radical (unpaired) electrons. The van der Waals surface area contributed by atoms with Gasteiger partial charge in [-0.05, 0) is 25.3 Å². The Morgan fingerprint density at radius 3 is 2.59 bits per heavy atom. The summed E-state index contributed by atoms with van der Waals surface area (Å²) in [5, 5.41) is 10.8. The SMILES string of the molecule is CC(C)OC(=O)[C@H](C)N[P+](=O)OC[C@@H](O[C@H](CF)n1ccc(=O)[nH]c1=O)[C@@H](O)Br.